The molecule has 1 rings (SSSR count). The average molecular weight is 154 g/mol. The number of carboxylic acid groups (broad SMARTS) is 1. The van der Waals surface area contributed by atoms with Gasteiger partial charge in [-0.2, -0.15) is 0 Å². The van der Waals surface area contributed by atoms with Gasteiger partial charge in [0.05, 0.1) is 5.97 Å². The Bertz CT molecular complexity index is 183. The summed E-state index contributed by atoms with van der Waals surface area (Å²) in [6.45, 7) is 4.87. The molecular weight excluding hydrogens is 142 g/mol. The van der Waals surface area contributed by atoms with E-state index in [0.29, 0.717) is 5.57 Å². The summed E-state index contributed by atoms with van der Waals surface area (Å²) in [5.41, 5.74) is 0.340. The second-order valence-corrected chi connectivity index (χ2v) is 2.80. The molecular formula is C8H12NO2-. The van der Waals surface area contributed by atoms with Crippen LogP contribution in [0.4, 0.5) is 0 Å². The molecule has 0 radical (unpaired) electrons. The lowest BCUT2D eigenvalue weighted by Crippen LogP contribution is -2.23. The predicted octanol–water partition coefficient (Wildman–Crippen LogP) is -0.612. The summed E-state index contributed by atoms with van der Waals surface area (Å²) in [5.74, 6) is -1.06. The summed E-state index contributed by atoms with van der Waals surface area (Å²) in [6.07, 6.45) is 2.54. The molecule has 0 aromatic carbocycles. The van der Waals surface area contributed by atoms with Gasteiger partial charge in [-0.05, 0) is 18.9 Å². The summed E-state index contributed by atoms with van der Waals surface area (Å²) < 4.78 is 0. The standard InChI is InChI=1S/C8H13NO2/c1-7(8(10)11)3-2-4-9-5-6-9/h3H,2,4-6H2,1H3,(H,10,11)/p-1/b7-3+. The van der Waals surface area contributed by atoms with E-state index < -0.39 is 5.97 Å². The predicted molar refractivity (Wildman–Crippen MR) is 39.8 cm³/mol. The Morgan fingerprint density at radius 2 is 2.27 bits per heavy atom. The van der Waals surface area contributed by atoms with Crippen molar-refractivity contribution < 1.29 is 9.90 Å². The first-order valence-electron chi connectivity index (χ1n) is 3.80. The van der Waals surface area contributed by atoms with Gasteiger partial charge in [0, 0.05) is 19.6 Å². The van der Waals surface area contributed by atoms with Crippen LogP contribution in [0.2, 0.25) is 0 Å². The number of hydrogen-bond acceptors (Lipinski definition) is 3. The number of carbonyl (C=O) groups is 1. The third-order valence-electron chi connectivity index (χ3n) is 1.76. The van der Waals surface area contributed by atoms with Crippen LogP contribution in [-0.2, 0) is 4.79 Å². The third-order valence-corrected chi connectivity index (χ3v) is 1.76. The minimum atomic E-state index is -1.06. The van der Waals surface area contributed by atoms with Gasteiger partial charge in [0.2, 0.25) is 0 Å². The summed E-state index contributed by atoms with van der Waals surface area (Å²) in [6, 6.07) is 0. The number of hydrogen-bond donors (Lipinski definition) is 0. The van der Waals surface area contributed by atoms with Crippen molar-refractivity contribution in [3.8, 4) is 0 Å². The molecule has 62 valence electrons. The summed E-state index contributed by atoms with van der Waals surface area (Å²) in [7, 11) is 0. The van der Waals surface area contributed by atoms with E-state index in [1.54, 1.807) is 13.0 Å². The van der Waals surface area contributed by atoms with E-state index in [0.717, 1.165) is 26.1 Å². The zero-order valence-corrected chi connectivity index (χ0v) is 6.67. The minimum absolute atomic E-state index is 0.340. The molecule has 0 aromatic rings. The van der Waals surface area contributed by atoms with Crippen LogP contribution in [0, 0.1) is 0 Å². The molecule has 0 N–H and O–H groups in total. The monoisotopic (exact) mass is 154 g/mol. The highest BCUT2D eigenvalue weighted by molar-refractivity contribution is 5.83. The quantitative estimate of drug-likeness (QED) is 0.400. The van der Waals surface area contributed by atoms with Gasteiger partial charge in [0.1, 0.15) is 0 Å². The van der Waals surface area contributed by atoms with Gasteiger partial charge in [-0.1, -0.05) is 6.08 Å². The SMILES string of the molecule is C/C(=C\CCN1CC1)C(=O)[O-]. The van der Waals surface area contributed by atoms with Gasteiger partial charge in [-0.25, -0.2) is 0 Å². The molecule has 1 aliphatic heterocycles. The van der Waals surface area contributed by atoms with Crippen molar-refractivity contribution in [1.29, 1.82) is 0 Å². The molecule has 1 heterocycles. The number of carbonyl (C=O) groups excluding carboxylic acids is 1. The Morgan fingerprint density at radius 3 is 2.73 bits per heavy atom. The van der Waals surface area contributed by atoms with E-state index in [1.807, 2.05) is 0 Å². The van der Waals surface area contributed by atoms with Crippen LogP contribution in [0.1, 0.15) is 13.3 Å². The second-order valence-electron chi connectivity index (χ2n) is 2.80. The molecule has 0 saturated carbocycles. The maximum atomic E-state index is 10.2. The lowest BCUT2D eigenvalue weighted by Gasteiger charge is -2.01. The summed E-state index contributed by atoms with van der Waals surface area (Å²) >= 11 is 0. The first kappa shape index (κ1) is 8.27. The lowest BCUT2D eigenvalue weighted by molar-refractivity contribution is -0.299. The van der Waals surface area contributed by atoms with Crippen LogP contribution < -0.4 is 5.11 Å². The maximum Gasteiger partial charge on any atom is 0.0668 e. The van der Waals surface area contributed by atoms with Gasteiger partial charge in [0.25, 0.3) is 0 Å². The van der Waals surface area contributed by atoms with Crippen molar-refractivity contribution in [3.05, 3.63) is 11.6 Å². The molecule has 0 unspecified atom stereocenters. The fourth-order valence-electron chi connectivity index (χ4n) is 0.841. The zero-order valence-electron chi connectivity index (χ0n) is 6.67. The molecule has 0 bridgehead atoms. The lowest BCUT2D eigenvalue weighted by atomic mass is 10.2. The van der Waals surface area contributed by atoms with Gasteiger partial charge < -0.3 is 14.8 Å². The van der Waals surface area contributed by atoms with Gasteiger partial charge in [-0.3, -0.25) is 0 Å². The molecule has 0 amide bonds. The Morgan fingerprint density at radius 1 is 1.64 bits per heavy atom. The molecule has 0 spiro atoms. The number of aliphatic carboxylic acids is 1. The first-order chi connectivity index (χ1) is 5.20. The van der Waals surface area contributed by atoms with Gasteiger partial charge in [0.15, 0.2) is 0 Å². The van der Waals surface area contributed by atoms with E-state index in [-0.39, 0.29) is 0 Å². The van der Waals surface area contributed by atoms with Crippen molar-refractivity contribution in [3.63, 3.8) is 0 Å². The highest BCUT2D eigenvalue weighted by Crippen LogP contribution is 2.04. The van der Waals surface area contributed by atoms with Crippen LogP contribution in [0.15, 0.2) is 11.6 Å². The second kappa shape index (κ2) is 3.53. The van der Waals surface area contributed by atoms with Crippen molar-refractivity contribution in [2.24, 2.45) is 0 Å². The van der Waals surface area contributed by atoms with Gasteiger partial charge >= 0.3 is 0 Å². The Kier molecular flexibility index (Phi) is 2.65. The fraction of sp³-hybridized carbons (Fsp3) is 0.625. The maximum absolute atomic E-state index is 10.2. The third kappa shape index (κ3) is 3.18. The van der Waals surface area contributed by atoms with E-state index in [4.69, 9.17) is 0 Å². The number of carboxylic acids is 1. The average Bonchev–Trinajstić information content (AvgIpc) is 2.71. The van der Waals surface area contributed by atoms with Crippen LogP contribution in [0.25, 0.3) is 0 Å². The largest absolute Gasteiger partial charge is 0.545 e. The van der Waals surface area contributed by atoms with Crippen LogP contribution in [0.3, 0.4) is 0 Å². The molecule has 3 nitrogen and oxygen atoms in total. The fourth-order valence-corrected chi connectivity index (χ4v) is 0.841. The minimum Gasteiger partial charge on any atom is -0.545 e. The summed E-state index contributed by atoms with van der Waals surface area (Å²) in [4.78, 5) is 12.4. The highest BCUT2D eigenvalue weighted by Gasteiger charge is 2.14. The van der Waals surface area contributed by atoms with Gasteiger partial charge in [-0.15, -0.1) is 0 Å². The Labute approximate surface area is 66.3 Å². The van der Waals surface area contributed by atoms with Crippen molar-refractivity contribution >= 4 is 5.97 Å². The van der Waals surface area contributed by atoms with E-state index in [9.17, 15) is 9.90 Å². The smallest absolute Gasteiger partial charge is 0.0668 e. The first-order valence-corrected chi connectivity index (χ1v) is 3.80. The van der Waals surface area contributed by atoms with E-state index in [1.165, 1.54) is 0 Å². The van der Waals surface area contributed by atoms with Crippen molar-refractivity contribution in [2.45, 2.75) is 13.3 Å². The molecule has 0 atom stereocenters. The topological polar surface area (TPSA) is 43.1 Å². The van der Waals surface area contributed by atoms with Crippen LogP contribution in [-0.4, -0.2) is 30.5 Å². The van der Waals surface area contributed by atoms with Crippen LogP contribution >= 0.6 is 0 Å². The van der Waals surface area contributed by atoms with E-state index in [2.05, 4.69) is 4.90 Å². The van der Waals surface area contributed by atoms with Crippen molar-refractivity contribution in [2.75, 3.05) is 19.6 Å². The molecule has 11 heavy (non-hydrogen) atoms. The molecule has 1 aliphatic rings. The number of nitrogens with zero attached hydrogens (tertiary/aromatic N) is 1. The molecule has 1 fully saturated rings. The zero-order chi connectivity index (χ0) is 8.27. The molecule has 1 saturated heterocycles. The summed E-state index contributed by atoms with van der Waals surface area (Å²) in [5, 5.41) is 10.2. The molecule has 0 aliphatic carbocycles. The molecule has 3 heteroatoms. The van der Waals surface area contributed by atoms with E-state index >= 15 is 0 Å². The highest BCUT2D eigenvalue weighted by atomic mass is 16.4. The Balaban J connectivity index is 2.15. The van der Waals surface area contributed by atoms with Crippen molar-refractivity contribution in [1.82, 2.24) is 4.90 Å². The molecule has 0 aromatic heterocycles. The Hall–Kier alpha value is -0.830. The van der Waals surface area contributed by atoms with Crippen LogP contribution in [0.5, 0.6) is 0 Å². The number of rotatable bonds is 4. The normalized spacial score (nSPS) is 18.5.